The van der Waals surface area contributed by atoms with Gasteiger partial charge in [-0.3, -0.25) is 4.90 Å². The van der Waals surface area contributed by atoms with E-state index in [9.17, 15) is 0 Å². The summed E-state index contributed by atoms with van der Waals surface area (Å²) < 4.78 is 10.8. The predicted molar refractivity (Wildman–Crippen MR) is 79.7 cm³/mol. The van der Waals surface area contributed by atoms with Crippen LogP contribution >= 0.6 is 0 Å². The Morgan fingerprint density at radius 3 is 2.50 bits per heavy atom. The number of hydrogen-bond donors (Lipinski definition) is 0. The molecule has 1 fully saturated rings. The quantitative estimate of drug-likeness (QED) is 0.835. The largest absolute Gasteiger partial charge is 0.464 e. The first-order chi connectivity index (χ1) is 9.92. The highest BCUT2D eigenvalue weighted by molar-refractivity contribution is 5.57. The summed E-state index contributed by atoms with van der Waals surface area (Å²) in [6.45, 7) is 5.11. The van der Waals surface area contributed by atoms with Crippen molar-refractivity contribution in [3.8, 4) is 11.3 Å². The second-order valence-corrected chi connectivity index (χ2v) is 5.23. The molecule has 0 atom stereocenters. The zero-order valence-corrected chi connectivity index (χ0v) is 11.8. The van der Waals surface area contributed by atoms with Gasteiger partial charge in [0.25, 0.3) is 0 Å². The molecule has 1 aliphatic rings. The van der Waals surface area contributed by atoms with E-state index in [0.29, 0.717) is 0 Å². The number of aryl methyl sites for hydroxylation is 1. The molecule has 106 valence electrons. The Morgan fingerprint density at radius 2 is 1.80 bits per heavy atom. The van der Waals surface area contributed by atoms with E-state index in [1.165, 1.54) is 18.5 Å². The van der Waals surface area contributed by atoms with Crippen molar-refractivity contribution in [2.24, 2.45) is 0 Å². The predicted octanol–water partition coefficient (Wildman–Crippen LogP) is 3.21. The molecule has 0 spiro atoms. The van der Waals surface area contributed by atoms with Gasteiger partial charge in [0, 0.05) is 18.7 Å². The van der Waals surface area contributed by atoms with Crippen LogP contribution in [-0.2, 0) is 11.2 Å². The molecule has 1 aliphatic heterocycles. The van der Waals surface area contributed by atoms with Gasteiger partial charge in [-0.25, -0.2) is 0 Å². The van der Waals surface area contributed by atoms with Crippen LogP contribution in [0, 0.1) is 0 Å². The number of benzene rings is 1. The minimum atomic E-state index is 0.887. The Labute approximate surface area is 120 Å². The van der Waals surface area contributed by atoms with Crippen molar-refractivity contribution in [2.45, 2.75) is 12.8 Å². The first-order valence-electron chi connectivity index (χ1n) is 7.35. The van der Waals surface area contributed by atoms with Gasteiger partial charge >= 0.3 is 0 Å². The van der Waals surface area contributed by atoms with Gasteiger partial charge in [0.15, 0.2) is 0 Å². The zero-order valence-electron chi connectivity index (χ0n) is 11.8. The standard InChI is InChI=1S/C17H21NO2/c1(9-18-10-13-19-14-11-18)3-15-5-7-16(8-6-15)17-4-2-12-20-17/h2,4-8,12H,1,3,9-11,13-14H2. The van der Waals surface area contributed by atoms with Crippen LogP contribution < -0.4 is 0 Å². The average molecular weight is 271 g/mol. The molecular weight excluding hydrogens is 250 g/mol. The molecule has 3 nitrogen and oxygen atoms in total. The van der Waals surface area contributed by atoms with Crippen LogP contribution in [-0.4, -0.2) is 37.7 Å². The van der Waals surface area contributed by atoms with E-state index in [1.54, 1.807) is 6.26 Å². The maximum atomic E-state index is 5.40. The lowest BCUT2D eigenvalue weighted by atomic mass is 10.1. The Hall–Kier alpha value is -1.58. The van der Waals surface area contributed by atoms with E-state index in [1.807, 2.05) is 12.1 Å². The number of nitrogens with zero attached hydrogens (tertiary/aromatic N) is 1. The van der Waals surface area contributed by atoms with E-state index >= 15 is 0 Å². The molecule has 2 heterocycles. The molecule has 2 aromatic rings. The van der Waals surface area contributed by atoms with E-state index in [-0.39, 0.29) is 0 Å². The molecule has 1 aromatic carbocycles. The Morgan fingerprint density at radius 1 is 1.00 bits per heavy atom. The van der Waals surface area contributed by atoms with Gasteiger partial charge in [-0.05, 0) is 37.1 Å². The van der Waals surface area contributed by atoms with Gasteiger partial charge in [-0.15, -0.1) is 0 Å². The van der Waals surface area contributed by atoms with Crippen LogP contribution in [0.15, 0.2) is 47.1 Å². The van der Waals surface area contributed by atoms with Crippen LogP contribution in [0.4, 0.5) is 0 Å². The molecule has 20 heavy (non-hydrogen) atoms. The third kappa shape index (κ3) is 3.50. The Kier molecular flexibility index (Phi) is 4.51. The minimum absolute atomic E-state index is 0.887. The first-order valence-corrected chi connectivity index (χ1v) is 7.35. The van der Waals surface area contributed by atoms with Gasteiger partial charge in [0.2, 0.25) is 0 Å². The summed E-state index contributed by atoms with van der Waals surface area (Å²) in [6.07, 6.45) is 4.06. The lowest BCUT2D eigenvalue weighted by Gasteiger charge is -2.26. The van der Waals surface area contributed by atoms with Crippen molar-refractivity contribution in [1.29, 1.82) is 0 Å². The maximum Gasteiger partial charge on any atom is 0.133 e. The third-order valence-corrected chi connectivity index (χ3v) is 3.80. The third-order valence-electron chi connectivity index (χ3n) is 3.80. The van der Waals surface area contributed by atoms with Gasteiger partial charge in [-0.1, -0.05) is 24.3 Å². The normalized spacial score (nSPS) is 16.4. The lowest BCUT2D eigenvalue weighted by Crippen LogP contribution is -2.36. The van der Waals surface area contributed by atoms with Crippen LogP contribution in [0.5, 0.6) is 0 Å². The fourth-order valence-electron chi connectivity index (χ4n) is 2.61. The maximum absolute atomic E-state index is 5.40. The molecule has 0 radical (unpaired) electrons. The molecule has 0 unspecified atom stereocenters. The van der Waals surface area contributed by atoms with Crippen molar-refractivity contribution in [3.63, 3.8) is 0 Å². The highest BCUT2D eigenvalue weighted by Gasteiger charge is 2.09. The van der Waals surface area contributed by atoms with Gasteiger partial charge in [0.05, 0.1) is 19.5 Å². The first kappa shape index (κ1) is 13.4. The summed E-state index contributed by atoms with van der Waals surface area (Å²) in [6, 6.07) is 12.6. The zero-order chi connectivity index (χ0) is 13.6. The smallest absolute Gasteiger partial charge is 0.133 e. The molecule has 1 saturated heterocycles. The van der Waals surface area contributed by atoms with Crippen molar-refractivity contribution in [3.05, 3.63) is 48.2 Å². The van der Waals surface area contributed by atoms with E-state index in [2.05, 4.69) is 29.2 Å². The number of morpholine rings is 1. The Balaban J connectivity index is 1.48. The Bertz CT molecular complexity index is 498. The second-order valence-electron chi connectivity index (χ2n) is 5.23. The summed E-state index contributed by atoms with van der Waals surface area (Å²) in [5, 5.41) is 0. The molecule has 0 aliphatic carbocycles. The lowest BCUT2D eigenvalue weighted by molar-refractivity contribution is 0.0375. The molecule has 0 amide bonds. The van der Waals surface area contributed by atoms with E-state index < -0.39 is 0 Å². The van der Waals surface area contributed by atoms with Crippen LogP contribution in [0.3, 0.4) is 0 Å². The van der Waals surface area contributed by atoms with Crippen molar-refractivity contribution in [1.82, 2.24) is 4.90 Å². The van der Waals surface area contributed by atoms with Crippen LogP contribution in [0.25, 0.3) is 11.3 Å². The monoisotopic (exact) mass is 271 g/mol. The van der Waals surface area contributed by atoms with Crippen molar-refractivity contribution >= 4 is 0 Å². The summed E-state index contributed by atoms with van der Waals surface area (Å²) in [7, 11) is 0. The number of ether oxygens (including phenoxy) is 1. The number of rotatable bonds is 5. The molecule has 0 N–H and O–H groups in total. The highest BCUT2D eigenvalue weighted by atomic mass is 16.5. The molecule has 0 bridgehead atoms. The summed E-state index contributed by atoms with van der Waals surface area (Å²) in [5.41, 5.74) is 2.54. The fourth-order valence-corrected chi connectivity index (χ4v) is 2.61. The highest BCUT2D eigenvalue weighted by Crippen LogP contribution is 2.20. The minimum Gasteiger partial charge on any atom is -0.464 e. The molecule has 3 rings (SSSR count). The van der Waals surface area contributed by atoms with Gasteiger partial charge in [0.1, 0.15) is 5.76 Å². The molecular formula is C17H21NO2. The van der Waals surface area contributed by atoms with Crippen LogP contribution in [0.1, 0.15) is 12.0 Å². The van der Waals surface area contributed by atoms with Crippen molar-refractivity contribution in [2.75, 3.05) is 32.8 Å². The SMILES string of the molecule is c1coc(-c2ccc(CCCN3CCOCC3)cc2)c1. The molecule has 1 aromatic heterocycles. The molecule has 3 heteroatoms. The summed E-state index contributed by atoms with van der Waals surface area (Å²) in [5.74, 6) is 0.935. The van der Waals surface area contributed by atoms with Gasteiger partial charge < -0.3 is 9.15 Å². The number of hydrogen-bond acceptors (Lipinski definition) is 3. The van der Waals surface area contributed by atoms with Gasteiger partial charge in [-0.2, -0.15) is 0 Å². The summed E-state index contributed by atoms with van der Waals surface area (Å²) >= 11 is 0. The van der Waals surface area contributed by atoms with Crippen LogP contribution in [0.2, 0.25) is 0 Å². The fraction of sp³-hybridized carbons (Fsp3) is 0.412. The van der Waals surface area contributed by atoms with E-state index in [0.717, 1.165) is 44.0 Å². The molecule has 0 saturated carbocycles. The van der Waals surface area contributed by atoms with Crippen molar-refractivity contribution < 1.29 is 9.15 Å². The second kappa shape index (κ2) is 6.73. The summed E-state index contributed by atoms with van der Waals surface area (Å²) in [4.78, 5) is 2.49. The topological polar surface area (TPSA) is 25.6 Å². The number of furan rings is 1. The average Bonchev–Trinajstić information content (AvgIpc) is 3.03. The van der Waals surface area contributed by atoms with E-state index in [4.69, 9.17) is 9.15 Å².